The number of nitrogens with zero attached hydrogens (tertiary/aromatic N) is 2. The maximum Gasteiger partial charge on any atom is 0.341 e. The van der Waals surface area contributed by atoms with E-state index in [1.165, 1.54) is 24.0 Å². The van der Waals surface area contributed by atoms with Crippen molar-refractivity contribution in [3.8, 4) is 0 Å². The van der Waals surface area contributed by atoms with Crippen LogP contribution in [0.1, 0.15) is 67.2 Å². The Balaban J connectivity index is 1.22. The normalized spacial score (nSPS) is 14.9. The predicted octanol–water partition coefficient (Wildman–Crippen LogP) is 5.71. The fraction of sp³-hybridized carbons (Fsp3) is 0.333. The Kier molecular flexibility index (Phi) is 8.30. The van der Waals surface area contributed by atoms with E-state index in [1.54, 1.807) is 0 Å². The summed E-state index contributed by atoms with van der Waals surface area (Å²) in [5.74, 6) is -1.52. The lowest BCUT2D eigenvalue weighted by Gasteiger charge is -2.30. The molecule has 1 aliphatic carbocycles. The van der Waals surface area contributed by atoms with E-state index in [0.29, 0.717) is 34.5 Å². The third-order valence-electron chi connectivity index (χ3n) is 7.98. The van der Waals surface area contributed by atoms with Crippen molar-refractivity contribution >= 4 is 45.1 Å². The summed E-state index contributed by atoms with van der Waals surface area (Å²) < 4.78 is 10.7. The second kappa shape index (κ2) is 12.4. The van der Waals surface area contributed by atoms with Gasteiger partial charge < -0.3 is 14.8 Å². The summed E-state index contributed by atoms with van der Waals surface area (Å²) in [4.78, 5) is 47.6. The van der Waals surface area contributed by atoms with Crippen LogP contribution < -0.4 is 5.32 Å². The van der Waals surface area contributed by atoms with Crippen LogP contribution in [0.2, 0.25) is 0 Å². The summed E-state index contributed by atoms with van der Waals surface area (Å²) in [6.45, 7) is 1.68. The number of rotatable bonds is 7. The van der Waals surface area contributed by atoms with Gasteiger partial charge in [-0.2, -0.15) is 0 Å². The Hall–Kier alpha value is -4.08. The van der Waals surface area contributed by atoms with Gasteiger partial charge in [0.25, 0.3) is 5.91 Å². The van der Waals surface area contributed by atoms with Gasteiger partial charge in [-0.05, 0) is 42.9 Å². The highest BCUT2D eigenvalue weighted by molar-refractivity contribution is 7.17. The molecule has 0 atom stereocenters. The van der Waals surface area contributed by atoms with Crippen LogP contribution in [0, 0.1) is 0 Å². The number of methoxy groups -OCH3 is 1. The molecule has 8 nitrogen and oxygen atoms in total. The fourth-order valence-corrected chi connectivity index (χ4v) is 7.26. The van der Waals surface area contributed by atoms with Crippen LogP contribution in [0.25, 0.3) is 10.9 Å². The molecule has 3 heterocycles. The van der Waals surface area contributed by atoms with Crippen LogP contribution >= 0.6 is 11.3 Å². The summed E-state index contributed by atoms with van der Waals surface area (Å²) >= 11 is 1.41. The summed E-state index contributed by atoms with van der Waals surface area (Å²) in [5, 5.41) is 3.99. The molecular formula is C33H33N3O5S. The first-order valence-corrected chi connectivity index (χ1v) is 15.2. The Labute approximate surface area is 248 Å². The van der Waals surface area contributed by atoms with E-state index in [0.717, 1.165) is 72.4 Å². The van der Waals surface area contributed by atoms with Gasteiger partial charge in [0, 0.05) is 47.6 Å². The number of ether oxygens (including phenoxy) is 2. The van der Waals surface area contributed by atoms with Gasteiger partial charge in [0.1, 0.15) is 5.00 Å². The third-order valence-corrected chi connectivity index (χ3v) is 9.18. The molecule has 1 amide bonds. The van der Waals surface area contributed by atoms with Crippen molar-refractivity contribution in [3.05, 3.63) is 93.0 Å². The van der Waals surface area contributed by atoms with Crippen LogP contribution in [0.15, 0.2) is 54.6 Å². The van der Waals surface area contributed by atoms with Gasteiger partial charge in [0.2, 0.25) is 0 Å². The van der Waals surface area contributed by atoms with E-state index in [1.807, 2.05) is 42.5 Å². The monoisotopic (exact) mass is 583 g/mol. The number of esters is 2. The van der Waals surface area contributed by atoms with E-state index >= 15 is 0 Å². The largest absolute Gasteiger partial charge is 0.465 e. The standard InChI is InChI=1S/C33H33N3O5S/c1-40-32(38)30-23-13-6-3-7-15-27(23)42-31(30)35-28(37)20-41-33(39)29-22-12-8-9-14-25(22)34-26-16-17-36(19-24(26)29)18-21-10-4-2-5-11-21/h2,4-5,8-12,14H,3,6-7,13,15-20H2,1H3,(H,35,37). The summed E-state index contributed by atoms with van der Waals surface area (Å²) in [5.41, 5.74) is 5.51. The minimum Gasteiger partial charge on any atom is -0.465 e. The molecule has 0 fully saturated rings. The average Bonchev–Trinajstić information content (AvgIpc) is 3.18. The highest BCUT2D eigenvalue weighted by atomic mass is 32.1. The molecule has 0 saturated carbocycles. The molecule has 42 heavy (non-hydrogen) atoms. The smallest absolute Gasteiger partial charge is 0.341 e. The maximum absolute atomic E-state index is 13.7. The Morgan fingerprint density at radius 3 is 2.52 bits per heavy atom. The molecule has 6 rings (SSSR count). The number of carbonyl (C=O) groups is 3. The van der Waals surface area contributed by atoms with E-state index < -0.39 is 24.5 Å². The van der Waals surface area contributed by atoms with Crippen LogP contribution in [0.4, 0.5) is 5.00 Å². The van der Waals surface area contributed by atoms with Crippen molar-refractivity contribution in [3.63, 3.8) is 0 Å². The number of anilines is 1. The van der Waals surface area contributed by atoms with Gasteiger partial charge in [-0.3, -0.25) is 14.7 Å². The Morgan fingerprint density at radius 2 is 1.69 bits per heavy atom. The molecule has 0 radical (unpaired) electrons. The van der Waals surface area contributed by atoms with E-state index in [-0.39, 0.29) is 0 Å². The van der Waals surface area contributed by atoms with Crippen LogP contribution in [-0.4, -0.2) is 48.0 Å². The second-order valence-corrected chi connectivity index (χ2v) is 11.9. The molecule has 9 heteroatoms. The van der Waals surface area contributed by atoms with Crippen molar-refractivity contribution in [2.24, 2.45) is 0 Å². The number of hydrogen-bond donors (Lipinski definition) is 1. The van der Waals surface area contributed by atoms with Crippen molar-refractivity contribution in [2.45, 2.75) is 51.6 Å². The molecule has 0 saturated heterocycles. The van der Waals surface area contributed by atoms with Crippen molar-refractivity contribution < 1.29 is 23.9 Å². The SMILES string of the molecule is COC(=O)c1c(NC(=O)COC(=O)c2c3c(nc4ccccc24)CCN(Cc2ccccc2)C3)sc2c1CCCCC2. The third kappa shape index (κ3) is 5.80. The van der Waals surface area contributed by atoms with Gasteiger partial charge in [0.05, 0.1) is 23.8 Å². The van der Waals surface area contributed by atoms with Gasteiger partial charge in [0.15, 0.2) is 6.61 Å². The van der Waals surface area contributed by atoms with Gasteiger partial charge in [-0.25, -0.2) is 9.59 Å². The molecule has 4 aromatic rings. The zero-order valence-electron chi connectivity index (χ0n) is 23.6. The topological polar surface area (TPSA) is 97.8 Å². The van der Waals surface area contributed by atoms with E-state index in [2.05, 4.69) is 22.3 Å². The Morgan fingerprint density at radius 1 is 0.905 bits per heavy atom. The molecule has 2 aromatic heterocycles. The minimum atomic E-state index is -0.559. The number of thiophene rings is 1. The van der Waals surface area contributed by atoms with Gasteiger partial charge in [-0.1, -0.05) is 55.0 Å². The van der Waals surface area contributed by atoms with Crippen LogP contribution in [0.5, 0.6) is 0 Å². The number of pyridine rings is 1. The highest BCUT2D eigenvalue weighted by Crippen LogP contribution is 2.38. The first kappa shape index (κ1) is 28.1. The van der Waals surface area contributed by atoms with Crippen LogP contribution in [-0.2, 0) is 46.6 Å². The van der Waals surface area contributed by atoms with Crippen LogP contribution in [0.3, 0.4) is 0 Å². The van der Waals surface area contributed by atoms with Crippen molar-refractivity contribution in [1.82, 2.24) is 9.88 Å². The van der Waals surface area contributed by atoms with E-state index in [9.17, 15) is 14.4 Å². The molecular weight excluding hydrogens is 550 g/mol. The first-order chi connectivity index (χ1) is 20.5. The molecule has 1 N–H and O–H groups in total. The lowest BCUT2D eigenvalue weighted by Crippen LogP contribution is -2.32. The number of aromatic nitrogens is 1. The number of para-hydroxylation sites is 1. The molecule has 216 valence electrons. The lowest BCUT2D eigenvalue weighted by molar-refractivity contribution is -0.119. The molecule has 0 bridgehead atoms. The summed E-state index contributed by atoms with van der Waals surface area (Å²) in [7, 11) is 1.34. The average molecular weight is 584 g/mol. The predicted molar refractivity (Wildman–Crippen MR) is 162 cm³/mol. The molecule has 0 spiro atoms. The molecule has 0 unspecified atom stereocenters. The summed E-state index contributed by atoms with van der Waals surface area (Å²) in [6.07, 6.45) is 5.51. The van der Waals surface area contributed by atoms with Gasteiger partial charge >= 0.3 is 11.9 Å². The molecule has 2 aromatic carbocycles. The lowest BCUT2D eigenvalue weighted by atomic mass is 9.95. The minimum absolute atomic E-state index is 0.423. The quantitative estimate of drug-likeness (QED) is 0.220. The van der Waals surface area contributed by atoms with E-state index in [4.69, 9.17) is 14.5 Å². The summed E-state index contributed by atoms with van der Waals surface area (Å²) in [6, 6.07) is 17.8. The van der Waals surface area contributed by atoms with Crippen molar-refractivity contribution in [2.75, 3.05) is 25.6 Å². The zero-order valence-corrected chi connectivity index (χ0v) is 24.4. The second-order valence-electron chi connectivity index (χ2n) is 10.8. The first-order valence-electron chi connectivity index (χ1n) is 14.4. The molecule has 2 aliphatic rings. The number of carbonyl (C=O) groups excluding carboxylic acids is 3. The number of aryl methyl sites for hydroxylation is 1. The number of amides is 1. The Bertz CT molecular complexity index is 1650. The zero-order chi connectivity index (χ0) is 29.1. The number of nitrogens with one attached hydrogen (secondary N) is 1. The fourth-order valence-electron chi connectivity index (χ4n) is 5.97. The number of hydrogen-bond acceptors (Lipinski definition) is 8. The molecule has 1 aliphatic heterocycles. The van der Waals surface area contributed by atoms with Gasteiger partial charge in [-0.15, -0.1) is 11.3 Å². The maximum atomic E-state index is 13.7. The highest BCUT2D eigenvalue weighted by Gasteiger charge is 2.29. The number of fused-ring (bicyclic) bond motifs is 3. The number of benzene rings is 2. The van der Waals surface area contributed by atoms with Crippen molar-refractivity contribution in [1.29, 1.82) is 0 Å².